The smallest absolute Gasteiger partial charge is 0.407 e. The molecule has 1 heterocycles. The van der Waals surface area contributed by atoms with Gasteiger partial charge in [0.1, 0.15) is 12.1 Å². The first kappa shape index (κ1) is 21.2. The summed E-state index contributed by atoms with van der Waals surface area (Å²) in [5, 5.41) is 12.0. The van der Waals surface area contributed by atoms with Gasteiger partial charge >= 0.3 is 6.09 Å². The summed E-state index contributed by atoms with van der Waals surface area (Å²) >= 11 is 6.46. The van der Waals surface area contributed by atoms with Crippen LogP contribution >= 0.6 is 11.8 Å². The number of hydrogen-bond donors (Lipinski definition) is 1. The molecule has 0 aromatic heterocycles. The van der Waals surface area contributed by atoms with Crippen molar-refractivity contribution in [3.8, 4) is 6.07 Å². The van der Waals surface area contributed by atoms with Crippen LogP contribution in [-0.2, 0) is 9.53 Å². The summed E-state index contributed by atoms with van der Waals surface area (Å²) in [4.78, 5) is 26.1. The SMILES string of the molecule is CC(C)(C)NC(=O)O[C@H]1C[C@H]2CC(N(Cl)CC(=O)N3CCC[C@H]3C#N)C[C@H]2C1. The average Bonchev–Trinajstić information content (AvgIpc) is 3.26. The summed E-state index contributed by atoms with van der Waals surface area (Å²) in [6.07, 6.45) is 4.81. The molecule has 0 aromatic rings. The number of carbonyl (C=O) groups excluding carboxylic acids is 2. The Morgan fingerprint density at radius 2 is 1.89 bits per heavy atom. The Balaban J connectivity index is 1.44. The second-order valence-electron chi connectivity index (χ2n) is 9.45. The number of nitrogens with zero attached hydrogens (tertiary/aromatic N) is 3. The standard InChI is InChI=1S/C20H31ClN4O3/c1-20(2,3)23-19(27)28-17-9-13-7-16(8-14(13)10-17)25(21)12-18(26)24-6-4-5-15(24)11-22/h13-17H,4-10,12H2,1-3H3,(H,23,27)/t13-,14+,15-,16?,17+/m0/s1. The fourth-order valence-electron chi connectivity index (χ4n) is 4.89. The van der Waals surface area contributed by atoms with E-state index >= 15 is 0 Å². The number of nitriles is 1. The van der Waals surface area contributed by atoms with Crippen molar-refractivity contribution in [1.29, 1.82) is 5.26 Å². The number of carbonyl (C=O) groups is 2. The molecule has 1 saturated heterocycles. The van der Waals surface area contributed by atoms with E-state index in [4.69, 9.17) is 21.8 Å². The van der Waals surface area contributed by atoms with Gasteiger partial charge in [0.25, 0.3) is 0 Å². The van der Waals surface area contributed by atoms with Crippen LogP contribution in [0.25, 0.3) is 0 Å². The number of nitrogens with one attached hydrogen (secondary N) is 1. The van der Waals surface area contributed by atoms with Gasteiger partial charge in [0.2, 0.25) is 5.91 Å². The molecule has 3 rings (SSSR count). The summed E-state index contributed by atoms with van der Waals surface area (Å²) in [6, 6.07) is 2.05. The molecule has 1 aliphatic heterocycles. The van der Waals surface area contributed by atoms with Gasteiger partial charge in [0.15, 0.2) is 0 Å². The van der Waals surface area contributed by atoms with Crippen LogP contribution in [0.15, 0.2) is 0 Å². The number of likely N-dealkylation sites (tertiary alicyclic amines) is 1. The van der Waals surface area contributed by atoms with E-state index in [2.05, 4.69) is 11.4 Å². The number of alkyl carbamates (subject to hydrolysis) is 1. The van der Waals surface area contributed by atoms with E-state index in [0.29, 0.717) is 18.4 Å². The Morgan fingerprint density at radius 3 is 2.46 bits per heavy atom. The third-order valence-corrected chi connectivity index (χ3v) is 6.50. The van der Waals surface area contributed by atoms with Crippen LogP contribution < -0.4 is 5.32 Å². The lowest BCUT2D eigenvalue weighted by Crippen LogP contribution is -2.42. The molecule has 2 amide bonds. The largest absolute Gasteiger partial charge is 0.446 e. The van der Waals surface area contributed by atoms with Crippen LogP contribution in [0.1, 0.15) is 59.3 Å². The molecule has 3 fully saturated rings. The van der Waals surface area contributed by atoms with Crippen LogP contribution in [0.3, 0.4) is 0 Å². The summed E-state index contributed by atoms with van der Waals surface area (Å²) in [7, 11) is 0. The third kappa shape index (κ3) is 5.09. The first-order valence-corrected chi connectivity index (χ1v) is 10.6. The quantitative estimate of drug-likeness (QED) is 0.720. The zero-order valence-electron chi connectivity index (χ0n) is 17.0. The van der Waals surface area contributed by atoms with E-state index in [0.717, 1.165) is 38.5 Å². The monoisotopic (exact) mass is 410 g/mol. The van der Waals surface area contributed by atoms with E-state index in [-0.39, 0.29) is 42.3 Å². The maximum Gasteiger partial charge on any atom is 0.407 e. The molecule has 3 aliphatic rings. The van der Waals surface area contributed by atoms with Crippen LogP contribution in [0, 0.1) is 23.2 Å². The molecule has 28 heavy (non-hydrogen) atoms. The molecule has 0 aromatic carbocycles. The van der Waals surface area contributed by atoms with Crippen molar-refractivity contribution in [3.05, 3.63) is 0 Å². The van der Waals surface area contributed by atoms with Crippen molar-refractivity contribution >= 4 is 23.8 Å². The number of ether oxygens (including phenoxy) is 1. The van der Waals surface area contributed by atoms with Crippen molar-refractivity contribution in [2.75, 3.05) is 13.1 Å². The predicted molar refractivity (Wildman–Crippen MR) is 105 cm³/mol. The summed E-state index contributed by atoms with van der Waals surface area (Å²) in [5.74, 6) is 0.899. The Labute approximate surface area is 172 Å². The maximum absolute atomic E-state index is 12.5. The fraction of sp³-hybridized carbons (Fsp3) is 0.850. The highest BCUT2D eigenvalue weighted by molar-refractivity contribution is 6.14. The van der Waals surface area contributed by atoms with Gasteiger partial charge in [-0.05, 0) is 82.9 Å². The van der Waals surface area contributed by atoms with E-state index in [1.807, 2.05) is 20.8 Å². The van der Waals surface area contributed by atoms with Gasteiger partial charge in [0, 0.05) is 18.1 Å². The van der Waals surface area contributed by atoms with Crippen molar-refractivity contribution in [2.45, 2.75) is 83.0 Å². The zero-order valence-corrected chi connectivity index (χ0v) is 17.7. The Hall–Kier alpha value is -1.52. The second kappa shape index (κ2) is 8.46. The second-order valence-corrected chi connectivity index (χ2v) is 9.89. The van der Waals surface area contributed by atoms with E-state index in [9.17, 15) is 9.59 Å². The minimum Gasteiger partial charge on any atom is -0.446 e. The fourth-order valence-corrected chi connectivity index (χ4v) is 5.15. The lowest BCUT2D eigenvalue weighted by molar-refractivity contribution is -0.131. The number of rotatable bonds is 4. The van der Waals surface area contributed by atoms with E-state index in [1.54, 1.807) is 9.32 Å². The van der Waals surface area contributed by atoms with Gasteiger partial charge in [0.05, 0.1) is 12.6 Å². The molecule has 5 atom stereocenters. The van der Waals surface area contributed by atoms with Gasteiger partial charge in [-0.15, -0.1) is 0 Å². The highest BCUT2D eigenvalue weighted by atomic mass is 35.5. The normalized spacial score (nSPS) is 32.3. The molecule has 0 spiro atoms. The lowest BCUT2D eigenvalue weighted by Gasteiger charge is -2.26. The molecular formula is C20H31ClN4O3. The van der Waals surface area contributed by atoms with Crippen LogP contribution in [0.4, 0.5) is 4.79 Å². The number of amides is 2. The minimum atomic E-state index is -0.351. The van der Waals surface area contributed by atoms with Crippen molar-refractivity contribution in [1.82, 2.24) is 14.6 Å². The van der Waals surface area contributed by atoms with Gasteiger partial charge in [-0.25, -0.2) is 9.21 Å². The summed E-state index contributed by atoms with van der Waals surface area (Å²) < 4.78 is 7.22. The van der Waals surface area contributed by atoms with Gasteiger partial charge in [-0.1, -0.05) is 0 Å². The molecule has 0 radical (unpaired) electrons. The molecule has 2 saturated carbocycles. The summed E-state index contributed by atoms with van der Waals surface area (Å²) in [6.45, 7) is 6.59. The zero-order chi connectivity index (χ0) is 20.5. The molecule has 0 bridgehead atoms. The van der Waals surface area contributed by atoms with Crippen LogP contribution in [-0.4, -0.2) is 58.1 Å². The molecule has 1 unspecified atom stereocenters. The number of hydrogen-bond acceptors (Lipinski definition) is 5. The molecule has 8 heteroatoms. The highest BCUT2D eigenvalue weighted by Gasteiger charge is 2.45. The topological polar surface area (TPSA) is 85.7 Å². The number of halogens is 1. The van der Waals surface area contributed by atoms with E-state index < -0.39 is 0 Å². The van der Waals surface area contributed by atoms with Crippen LogP contribution in [0.2, 0.25) is 0 Å². The van der Waals surface area contributed by atoms with Gasteiger partial charge < -0.3 is 15.0 Å². The minimum absolute atomic E-state index is 0.0373. The average molecular weight is 411 g/mol. The summed E-state index contributed by atoms with van der Waals surface area (Å²) in [5.41, 5.74) is -0.303. The molecule has 1 N–H and O–H groups in total. The van der Waals surface area contributed by atoms with Crippen molar-refractivity contribution in [2.24, 2.45) is 11.8 Å². The molecule has 2 aliphatic carbocycles. The van der Waals surface area contributed by atoms with Gasteiger partial charge in [-0.3, -0.25) is 4.79 Å². The first-order valence-electron chi connectivity index (χ1n) is 10.3. The van der Waals surface area contributed by atoms with Crippen molar-refractivity contribution < 1.29 is 14.3 Å². The molecular weight excluding hydrogens is 380 g/mol. The maximum atomic E-state index is 12.5. The third-order valence-electron chi connectivity index (χ3n) is 6.10. The Morgan fingerprint density at radius 1 is 1.25 bits per heavy atom. The van der Waals surface area contributed by atoms with Crippen LogP contribution in [0.5, 0.6) is 0 Å². The Kier molecular flexibility index (Phi) is 6.41. The van der Waals surface area contributed by atoms with E-state index in [1.165, 1.54) is 0 Å². The Bertz CT molecular complexity index is 630. The highest BCUT2D eigenvalue weighted by Crippen LogP contribution is 2.47. The molecule has 156 valence electrons. The molecule has 7 nitrogen and oxygen atoms in total. The number of fused-ring (bicyclic) bond motifs is 1. The lowest BCUT2D eigenvalue weighted by atomic mass is 10.0. The first-order chi connectivity index (χ1) is 13.2. The van der Waals surface area contributed by atoms with Crippen molar-refractivity contribution in [3.63, 3.8) is 0 Å². The van der Waals surface area contributed by atoms with Gasteiger partial charge in [-0.2, -0.15) is 5.26 Å². The predicted octanol–water partition coefficient (Wildman–Crippen LogP) is 3.04.